The molecule has 0 radical (unpaired) electrons. The molecule has 146 valence electrons. The molecule has 24 heavy (non-hydrogen) atoms. The van der Waals surface area contributed by atoms with Crippen LogP contribution in [0, 0.1) is 0 Å². The highest BCUT2D eigenvalue weighted by molar-refractivity contribution is 5.78. The van der Waals surface area contributed by atoms with Crippen LogP contribution in [-0.4, -0.2) is 74.1 Å². The molecule has 0 saturated carbocycles. The lowest BCUT2D eigenvalue weighted by Crippen LogP contribution is -2.09. The quantitative estimate of drug-likeness (QED) is 0.324. The number of carboxylic acids is 1. The van der Waals surface area contributed by atoms with E-state index >= 15 is 0 Å². The third-order valence-corrected chi connectivity index (χ3v) is 2.30. The van der Waals surface area contributed by atoms with Crippen LogP contribution in [0.25, 0.3) is 0 Å². The number of aliphatic carboxylic acids is 1. The van der Waals surface area contributed by atoms with Crippen LogP contribution in [0.4, 0.5) is 0 Å². The Morgan fingerprint density at radius 1 is 0.833 bits per heavy atom. The molecular formula is C17H36O7. The topological polar surface area (TPSA) is 105 Å². The molecule has 0 bridgehead atoms. The van der Waals surface area contributed by atoms with Gasteiger partial charge in [0.05, 0.1) is 39.6 Å². The van der Waals surface area contributed by atoms with Gasteiger partial charge in [0, 0.05) is 19.3 Å². The Morgan fingerprint density at radius 2 is 1.17 bits per heavy atom. The van der Waals surface area contributed by atoms with Gasteiger partial charge in [0.25, 0.3) is 0 Å². The highest BCUT2D eigenvalue weighted by atomic mass is 16.5. The minimum Gasteiger partial charge on any atom is -0.478 e. The van der Waals surface area contributed by atoms with E-state index in [0.717, 1.165) is 19.3 Å². The highest BCUT2D eigenvalue weighted by Gasteiger charge is 1.86. The summed E-state index contributed by atoms with van der Waals surface area (Å²) in [5.74, 6) is -0.981. The van der Waals surface area contributed by atoms with Crippen molar-refractivity contribution in [3.8, 4) is 0 Å². The number of hydrogen-bond acceptors (Lipinski definition) is 6. The number of ether oxygens (including phenoxy) is 3. The first-order valence-corrected chi connectivity index (χ1v) is 8.40. The molecule has 0 fully saturated rings. The van der Waals surface area contributed by atoms with Gasteiger partial charge in [-0.1, -0.05) is 33.3 Å². The maximum atomic E-state index is 9.25. The van der Waals surface area contributed by atoms with Gasteiger partial charge in [-0.15, -0.1) is 0 Å². The largest absolute Gasteiger partial charge is 0.478 e. The zero-order valence-electron chi connectivity index (χ0n) is 15.2. The van der Waals surface area contributed by atoms with E-state index in [4.69, 9.17) is 29.5 Å². The van der Waals surface area contributed by atoms with Gasteiger partial charge in [0.2, 0.25) is 0 Å². The summed E-state index contributed by atoms with van der Waals surface area (Å²) in [5, 5.41) is 24.1. The van der Waals surface area contributed by atoms with Crippen LogP contribution in [0.2, 0.25) is 0 Å². The number of aliphatic hydroxyl groups is 2. The summed E-state index contributed by atoms with van der Waals surface area (Å²) in [4.78, 5) is 9.25. The minimum absolute atomic E-state index is 0.0417. The fourth-order valence-electron chi connectivity index (χ4n) is 1.05. The number of carboxylic acid groups (broad SMARTS) is 1. The highest BCUT2D eigenvalue weighted by Crippen LogP contribution is 1.91. The van der Waals surface area contributed by atoms with E-state index in [1.54, 1.807) is 0 Å². The van der Waals surface area contributed by atoms with E-state index < -0.39 is 5.97 Å². The Bertz CT molecular complexity index is 221. The van der Waals surface area contributed by atoms with Crippen LogP contribution in [0.5, 0.6) is 0 Å². The molecule has 7 heteroatoms. The standard InChI is InChI=1S/C8H18O.C6H14O4.C3H4O2/c1-3-5-7-9-8-6-4-2;7-1-3-9-5-6-10-4-2-8;1-2-3(4)5/h3-8H2,1-2H3;7-8H,1-6H2;2H,1H2,(H,4,5). The van der Waals surface area contributed by atoms with Crippen molar-refractivity contribution in [2.45, 2.75) is 39.5 Å². The summed E-state index contributed by atoms with van der Waals surface area (Å²) in [6.45, 7) is 11.0. The Kier molecular flexibility index (Phi) is 34.7. The molecule has 3 N–H and O–H groups in total. The van der Waals surface area contributed by atoms with Crippen LogP contribution >= 0.6 is 0 Å². The zero-order chi connectivity index (χ0) is 18.9. The van der Waals surface area contributed by atoms with Crippen molar-refractivity contribution in [1.29, 1.82) is 0 Å². The zero-order valence-corrected chi connectivity index (χ0v) is 15.2. The average Bonchev–Trinajstić information content (AvgIpc) is 2.59. The van der Waals surface area contributed by atoms with Crippen molar-refractivity contribution in [3.05, 3.63) is 12.7 Å². The third kappa shape index (κ3) is 42.9. The Labute approximate surface area is 146 Å². The van der Waals surface area contributed by atoms with E-state index in [2.05, 4.69) is 20.4 Å². The summed E-state index contributed by atoms with van der Waals surface area (Å²) in [6.07, 6.45) is 5.74. The molecule has 0 aromatic rings. The van der Waals surface area contributed by atoms with E-state index in [0.29, 0.717) is 26.4 Å². The predicted octanol–water partition coefficient (Wildman–Crippen LogP) is 1.86. The first-order chi connectivity index (χ1) is 11.6. The summed E-state index contributed by atoms with van der Waals surface area (Å²) >= 11 is 0. The first kappa shape index (κ1) is 27.8. The van der Waals surface area contributed by atoms with Gasteiger partial charge in [-0.2, -0.15) is 0 Å². The molecule has 0 amide bonds. The molecule has 0 rings (SSSR count). The first-order valence-electron chi connectivity index (χ1n) is 8.40. The predicted molar refractivity (Wildman–Crippen MR) is 94.3 cm³/mol. The fraction of sp³-hybridized carbons (Fsp3) is 0.824. The van der Waals surface area contributed by atoms with Gasteiger partial charge in [0.1, 0.15) is 0 Å². The maximum Gasteiger partial charge on any atom is 0.327 e. The Morgan fingerprint density at radius 3 is 1.42 bits per heavy atom. The van der Waals surface area contributed by atoms with Gasteiger partial charge in [0.15, 0.2) is 0 Å². The minimum atomic E-state index is -0.981. The summed E-state index contributed by atoms with van der Waals surface area (Å²) in [7, 11) is 0. The molecule has 0 aromatic carbocycles. The van der Waals surface area contributed by atoms with E-state index in [1.807, 2.05) is 0 Å². The second kappa shape index (κ2) is 30.0. The number of rotatable bonds is 14. The van der Waals surface area contributed by atoms with Gasteiger partial charge >= 0.3 is 5.97 Å². The Balaban J connectivity index is -0.000000291. The molecule has 0 aliphatic heterocycles. The summed E-state index contributed by atoms with van der Waals surface area (Å²) in [6, 6.07) is 0. The number of carbonyl (C=O) groups is 1. The van der Waals surface area contributed by atoms with Crippen LogP contribution in [0.15, 0.2) is 12.7 Å². The SMILES string of the molecule is C=CC(=O)O.CCCCOCCCC.OCCOCCOCCO. The third-order valence-electron chi connectivity index (χ3n) is 2.30. The lowest BCUT2D eigenvalue weighted by atomic mass is 10.3. The lowest BCUT2D eigenvalue weighted by molar-refractivity contribution is -0.131. The van der Waals surface area contributed by atoms with E-state index in [1.165, 1.54) is 25.7 Å². The monoisotopic (exact) mass is 352 g/mol. The molecule has 0 aromatic heterocycles. The normalized spacial score (nSPS) is 9.33. The van der Waals surface area contributed by atoms with Crippen molar-refractivity contribution >= 4 is 5.97 Å². The lowest BCUT2D eigenvalue weighted by Gasteiger charge is -2.01. The van der Waals surface area contributed by atoms with Crippen molar-refractivity contribution < 1.29 is 34.3 Å². The molecule has 0 aliphatic carbocycles. The molecule has 0 saturated heterocycles. The second-order valence-corrected chi connectivity index (χ2v) is 4.53. The number of aliphatic hydroxyl groups excluding tert-OH is 2. The molecule has 0 heterocycles. The van der Waals surface area contributed by atoms with Crippen molar-refractivity contribution in [3.63, 3.8) is 0 Å². The molecule has 0 aliphatic rings. The van der Waals surface area contributed by atoms with Crippen LogP contribution in [0.3, 0.4) is 0 Å². The van der Waals surface area contributed by atoms with Crippen molar-refractivity contribution in [1.82, 2.24) is 0 Å². The number of unbranched alkanes of at least 4 members (excludes halogenated alkanes) is 2. The second-order valence-electron chi connectivity index (χ2n) is 4.53. The maximum absolute atomic E-state index is 9.25. The van der Waals surface area contributed by atoms with Crippen LogP contribution in [0.1, 0.15) is 39.5 Å². The molecule has 7 nitrogen and oxygen atoms in total. The van der Waals surface area contributed by atoms with Gasteiger partial charge < -0.3 is 29.5 Å². The summed E-state index contributed by atoms with van der Waals surface area (Å²) in [5.41, 5.74) is 0. The van der Waals surface area contributed by atoms with Crippen LogP contribution < -0.4 is 0 Å². The fourth-order valence-corrected chi connectivity index (χ4v) is 1.05. The van der Waals surface area contributed by atoms with Crippen molar-refractivity contribution in [2.75, 3.05) is 52.9 Å². The van der Waals surface area contributed by atoms with Crippen LogP contribution in [-0.2, 0) is 19.0 Å². The summed E-state index contributed by atoms with van der Waals surface area (Å²) < 4.78 is 15.1. The molecule has 0 unspecified atom stereocenters. The molecule has 0 spiro atoms. The molecule has 0 atom stereocenters. The number of hydrogen-bond donors (Lipinski definition) is 3. The smallest absolute Gasteiger partial charge is 0.327 e. The van der Waals surface area contributed by atoms with Gasteiger partial charge in [-0.05, 0) is 12.8 Å². The van der Waals surface area contributed by atoms with E-state index in [9.17, 15) is 4.79 Å². The molecular weight excluding hydrogens is 316 g/mol. The average molecular weight is 352 g/mol. The Hall–Kier alpha value is -0.990. The van der Waals surface area contributed by atoms with Crippen molar-refractivity contribution in [2.24, 2.45) is 0 Å². The van der Waals surface area contributed by atoms with E-state index in [-0.39, 0.29) is 13.2 Å². The van der Waals surface area contributed by atoms with Gasteiger partial charge in [-0.3, -0.25) is 0 Å². The van der Waals surface area contributed by atoms with Gasteiger partial charge in [-0.25, -0.2) is 4.79 Å².